The monoisotopic (exact) mass is 306 g/mol. The van der Waals surface area contributed by atoms with Crippen molar-refractivity contribution in [1.82, 2.24) is 10.2 Å². The molecule has 3 rings (SSSR count). The maximum atomic E-state index is 12.3. The molecule has 1 aliphatic heterocycles. The molecule has 3 N–H and O–H groups in total. The highest BCUT2D eigenvalue weighted by Gasteiger charge is 2.22. The number of rotatable bonds is 4. The Bertz CT molecular complexity index is 811. The van der Waals surface area contributed by atoms with E-state index in [2.05, 4.69) is 20.2 Å². The number of hydrogen-bond acceptors (Lipinski definition) is 4. The predicted octanol–water partition coefficient (Wildman–Crippen LogP) is 1.27. The number of nitrogens with zero attached hydrogens (tertiary/aromatic N) is 1. The molecule has 0 spiro atoms. The molecule has 0 unspecified atom stereocenters. The van der Waals surface area contributed by atoms with Crippen LogP contribution in [0, 0.1) is 0 Å². The Morgan fingerprint density at radius 1 is 1.33 bits per heavy atom. The standard InChI is InChI=1S/C13H14N4O3S/c1-2-9-7-12(16-15-9)17-21(19,20)10-3-4-11-8(5-10)6-13(18)14-11/h3-5,7H,2,6H2,1H3,(H,14,18)(H2,15,16,17). The van der Waals surface area contributed by atoms with Gasteiger partial charge in [0.05, 0.1) is 11.3 Å². The zero-order chi connectivity index (χ0) is 15.0. The van der Waals surface area contributed by atoms with Crippen LogP contribution in [0.3, 0.4) is 0 Å². The van der Waals surface area contributed by atoms with E-state index in [1.165, 1.54) is 12.1 Å². The Kier molecular flexibility index (Phi) is 3.17. The molecule has 21 heavy (non-hydrogen) atoms. The molecule has 0 atom stereocenters. The van der Waals surface area contributed by atoms with Gasteiger partial charge in [0.1, 0.15) is 0 Å². The average molecular weight is 306 g/mol. The molecule has 1 aliphatic rings. The number of aromatic amines is 1. The number of carbonyl (C=O) groups is 1. The summed E-state index contributed by atoms with van der Waals surface area (Å²) in [5.41, 5.74) is 2.18. The molecule has 0 aliphatic carbocycles. The topological polar surface area (TPSA) is 104 Å². The van der Waals surface area contributed by atoms with E-state index in [-0.39, 0.29) is 23.0 Å². The summed E-state index contributed by atoms with van der Waals surface area (Å²) in [4.78, 5) is 11.4. The Hall–Kier alpha value is -2.35. The normalized spacial score (nSPS) is 13.9. The number of anilines is 2. The highest BCUT2D eigenvalue weighted by molar-refractivity contribution is 7.92. The predicted molar refractivity (Wildman–Crippen MR) is 77.5 cm³/mol. The Labute approximate surface area is 121 Å². The van der Waals surface area contributed by atoms with E-state index in [0.717, 1.165) is 12.1 Å². The molecule has 2 aromatic rings. The molecule has 1 amide bonds. The molecule has 0 radical (unpaired) electrons. The minimum Gasteiger partial charge on any atom is -0.326 e. The number of sulfonamides is 1. The van der Waals surface area contributed by atoms with Gasteiger partial charge in [0.2, 0.25) is 5.91 Å². The molecule has 2 heterocycles. The van der Waals surface area contributed by atoms with Crippen LogP contribution in [0.25, 0.3) is 0 Å². The van der Waals surface area contributed by atoms with E-state index in [0.29, 0.717) is 11.3 Å². The van der Waals surface area contributed by atoms with Gasteiger partial charge >= 0.3 is 0 Å². The summed E-state index contributed by atoms with van der Waals surface area (Å²) in [7, 11) is -3.72. The van der Waals surface area contributed by atoms with Gasteiger partial charge in [-0.25, -0.2) is 8.42 Å². The third-order valence-electron chi connectivity index (χ3n) is 3.26. The van der Waals surface area contributed by atoms with E-state index in [4.69, 9.17) is 0 Å². The van der Waals surface area contributed by atoms with E-state index in [1.807, 2.05) is 6.92 Å². The molecular formula is C13H14N4O3S. The van der Waals surface area contributed by atoms with E-state index in [1.54, 1.807) is 12.1 Å². The summed E-state index contributed by atoms with van der Waals surface area (Å²) in [6.07, 6.45) is 0.933. The van der Waals surface area contributed by atoms with Gasteiger partial charge < -0.3 is 5.32 Å². The fourth-order valence-corrected chi connectivity index (χ4v) is 3.21. The van der Waals surface area contributed by atoms with Crippen LogP contribution in [0.15, 0.2) is 29.2 Å². The maximum Gasteiger partial charge on any atom is 0.263 e. The van der Waals surface area contributed by atoms with Crippen LogP contribution in [0.1, 0.15) is 18.2 Å². The molecule has 0 saturated carbocycles. The zero-order valence-corrected chi connectivity index (χ0v) is 12.1. The SMILES string of the molecule is CCc1cc(NS(=O)(=O)c2ccc3c(c2)CC(=O)N3)n[nH]1. The van der Waals surface area contributed by atoms with Crippen LogP contribution in [0.2, 0.25) is 0 Å². The first-order valence-corrected chi connectivity index (χ1v) is 7.96. The molecule has 7 nitrogen and oxygen atoms in total. The van der Waals surface area contributed by atoms with Crippen molar-refractivity contribution in [3.63, 3.8) is 0 Å². The van der Waals surface area contributed by atoms with Gasteiger partial charge in [0.15, 0.2) is 5.82 Å². The molecular weight excluding hydrogens is 292 g/mol. The number of amides is 1. The quantitative estimate of drug-likeness (QED) is 0.791. The Morgan fingerprint density at radius 3 is 2.86 bits per heavy atom. The van der Waals surface area contributed by atoms with Crippen molar-refractivity contribution in [3.8, 4) is 0 Å². The minimum absolute atomic E-state index is 0.110. The van der Waals surface area contributed by atoms with Gasteiger partial charge in [-0.3, -0.25) is 14.6 Å². The third kappa shape index (κ3) is 2.62. The maximum absolute atomic E-state index is 12.3. The van der Waals surface area contributed by atoms with E-state index < -0.39 is 10.0 Å². The van der Waals surface area contributed by atoms with Gasteiger partial charge in [0, 0.05) is 17.4 Å². The summed E-state index contributed by atoms with van der Waals surface area (Å²) >= 11 is 0. The second-order valence-corrected chi connectivity index (χ2v) is 6.46. The smallest absolute Gasteiger partial charge is 0.263 e. The lowest BCUT2D eigenvalue weighted by atomic mass is 10.2. The lowest BCUT2D eigenvalue weighted by molar-refractivity contribution is -0.115. The lowest BCUT2D eigenvalue weighted by Crippen LogP contribution is -2.13. The van der Waals surface area contributed by atoms with Crippen LogP contribution in [-0.2, 0) is 27.7 Å². The van der Waals surface area contributed by atoms with E-state index >= 15 is 0 Å². The van der Waals surface area contributed by atoms with Crippen molar-refractivity contribution in [2.75, 3.05) is 10.0 Å². The highest BCUT2D eigenvalue weighted by atomic mass is 32.2. The molecule has 0 fully saturated rings. The number of aryl methyl sites for hydroxylation is 1. The molecule has 1 aromatic heterocycles. The van der Waals surface area contributed by atoms with Gasteiger partial charge in [-0.05, 0) is 30.2 Å². The highest BCUT2D eigenvalue weighted by Crippen LogP contribution is 2.26. The summed E-state index contributed by atoms with van der Waals surface area (Å²) < 4.78 is 27.0. The number of hydrogen-bond donors (Lipinski definition) is 3. The van der Waals surface area contributed by atoms with Gasteiger partial charge in [-0.15, -0.1) is 0 Å². The van der Waals surface area contributed by atoms with Crippen LogP contribution >= 0.6 is 0 Å². The van der Waals surface area contributed by atoms with Crippen LogP contribution in [-0.4, -0.2) is 24.5 Å². The average Bonchev–Trinajstić information content (AvgIpc) is 3.02. The molecule has 110 valence electrons. The van der Waals surface area contributed by atoms with Crippen LogP contribution in [0.4, 0.5) is 11.5 Å². The van der Waals surface area contributed by atoms with Crippen LogP contribution < -0.4 is 10.0 Å². The summed E-state index contributed by atoms with van der Waals surface area (Å²) in [5.74, 6) is 0.119. The molecule has 1 aromatic carbocycles. The summed E-state index contributed by atoms with van der Waals surface area (Å²) in [6, 6.07) is 6.20. The van der Waals surface area contributed by atoms with Crippen LogP contribution in [0.5, 0.6) is 0 Å². The first kappa shape index (κ1) is 13.6. The fourth-order valence-electron chi connectivity index (χ4n) is 2.16. The second-order valence-electron chi connectivity index (χ2n) is 4.78. The van der Waals surface area contributed by atoms with Crippen molar-refractivity contribution in [1.29, 1.82) is 0 Å². The third-order valence-corrected chi connectivity index (χ3v) is 4.62. The fraction of sp³-hybridized carbons (Fsp3) is 0.231. The minimum atomic E-state index is -3.72. The Morgan fingerprint density at radius 2 is 2.14 bits per heavy atom. The number of benzene rings is 1. The largest absolute Gasteiger partial charge is 0.326 e. The zero-order valence-electron chi connectivity index (χ0n) is 11.3. The van der Waals surface area contributed by atoms with E-state index in [9.17, 15) is 13.2 Å². The van der Waals surface area contributed by atoms with Crippen molar-refractivity contribution >= 4 is 27.4 Å². The number of fused-ring (bicyclic) bond motifs is 1. The lowest BCUT2D eigenvalue weighted by Gasteiger charge is -2.06. The van der Waals surface area contributed by atoms with Gasteiger partial charge in [-0.1, -0.05) is 6.92 Å². The number of nitrogens with one attached hydrogen (secondary N) is 3. The van der Waals surface area contributed by atoms with Gasteiger partial charge in [-0.2, -0.15) is 5.10 Å². The van der Waals surface area contributed by atoms with Crippen molar-refractivity contribution < 1.29 is 13.2 Å². The molecule has 8 heteroatoms. The number of H-pyrrole nitrogens is 1. The summed E-state index contributed by atoms with van der Waals surface area (Å²) in [5, 5.41) is 9.31. The Balaban J connectivity index is 1.88. The van der Waals surface area contributed by atoms with Crippen molar-refractivity contribution in [3.05, 3.63) is 35.5 Å². The number of carbonyl (C=O) groups excluding carboxylic acids is 1. The number of aromatic nitrogens is 2. The first-order valence-electron chi connectivity index (χ1n) is 6.48. The van der Waals surface area contributed by atoms with Crippen molar-refractivity contribution in [2.45, 2.75) is 24.7 Å². The molecule has 0 bridgehead atoms. The van der Waals surface area contributed by atoms with Crippen molar-refractivity contribution in [2.24, 2.45) is 0 Å². The summed E-state index contributed by atoms with van der Waals surface area (Å²) in [6.45, 7) is 1.94. The first-order chi connectivity index (χ1) is 9.98. The molecule has 0 saturated heterocycles. The second kappa shape index (κ2) is 4.88. The van der Waals surface area contributed by atoms with Gasteiger partial charge in [0.25, 0.3) is 10.0 Å².